The van der Waals surface area contributed by atoms with E-state index in [9.17, 15) is 13.2 Å². The van der Waals surface area contributed by atoms with Crippen LogP contribution in [0.5, 0.6) is 11.5 Å². The zero-order valence-electron chi connectivity index (χ0n) is 22.9. The van der Waals surface area contributed by atoms with Crippen LogP contribution in [0.2, 0.25) is 0 Å². The summed E-state index contributed by atoms with van der Waals surface area (Å²) >= 11 is 3.39. The minimum atomic E-state index is -3.92. The van der Waals surface area contributed by atoms with Gasteiger partial charge < -0.3 is 10.1 Å². The van der Waals surface area contributed by atoms with Crippen molar-refractivity contribution in [3.63, 3.8) is 0 Å². The molecular weight excluding hydrogens is 618 g/mol. The van der Waals surface area contributed by atoms with Gasteiger partial charge in [-0.15, -0.1) is 0 Å². The Balaban J connectivity index is 1.10. The monoisotopic (exact) mass is 649 g/mol. The number of nitrogens with zero attached hydrogens (tertiary/aromatic N) is 3. The largest absolute Gasteiger partial charge is 0.455 e. The molecule has 4 aromatic rings. The number of rotatable bonds is 11. The Morgan fingerprint density at radius 3 is 2.26 bits per heavy atom. The predicted octanol–water partition coefficient (Wildman–Crippen LogP) is 4.98. The molecule has 9 nitrogen and oxygen atoms in total. The van der Waals surface area contributed by atoms with Crippen LogP contribution in [0.25, 0.3) is 0 Å². The van der Waals surface area contributed by atoms with Gasteiger partial charge in [0, 0.05) is 62.0 Å². The number of ether oxygens (including phenoxy) is 1. The molecule has 2 N–H and O–H groups in total. The normalized spacial score (nSPS) is 14.3. The maximum atomic E-state index is 13.1. The highest BCUT2D eigenvalue weighted by molar-refractivity contribution is 9.10. The van der Waals surface area contributed by atoms with E-state index in [0.717, 1.165) is 49.4 Å². The fraction of sp³-hybridized carbons (Fsp3) is 0.226. The molecule has 1 amide bonds. The number of carbonyl (C=O) groups excluding carboxylic acids is 1. The van der Waals surface area contributed by atoms with Crippen LogP contribution in [0.1, 0.15) is 16.1 Å². The molecule has 1 aliphatic rings. The lowest BCUT2D eigenvalue weighted by Crippen LogP contribution is -2.48. The van der Waals surface area contributed by atoms with E-state index in [1.54, 1.807) is 36.4 Å². The van der Waals surface area contributed by atoms with E-state index in [1.807, 2.05) is 36.5 Å². The summed E-state index contributed by atoms with van der Waals surface area (Å²) in [6.07, 6.45) is 1.82. The van der Waals surface area contributed by atoms with Crippen LogP contribution < -0.4 is 14.8 Å². The van der Waals surface area contributed by atoms with Crippen LogP contribution in [0.3, 0.4) is 0 Å². The Bertz CT molecular complexity index is 1580. The molecule has 0 radical (unpaired) electrons. The van der Waals surface area contributed by atoms with Gasteiger partial charge in [0.15, 0.2) is 5.75 Å². The first-order chi connectivity index (χ1) is 20.4. The summed E-state index contributed by atoms with van der Waals surface area (Å²) in [5, 5.41) is 2.94. The Hall–Kier alpha value is -3.77. The fourth-order valence-corrected chi connectivity index (χ4v) is 5.91. The maximum absolute atomic E-state index is 13.1. The number of halogens is 1. The van der Waals surface area contributed by atoms with Gasteiger partial charge in [-0.2, -0.15) is 0 Å². The molecule has 3 aromatic carbocycles. The first-order valence-electron chi connectivity index (χ1n) is 13.6. The highest BCUT2D eigenvalue weighted by atomic mass is 79.9. The number of carbonyl (C=O) groups is 1. The molecule has 0 spiro atoms. The van der Waals surface area contributed by atoms with Crippen molar-refractivity contribution < 1.29 is 17.9 Å². The van der Waals surface area contributed by atoms with E-state index >= 15 is 0 Å². The molecule has 0 saturated carbocycles. The van der Waals surface area contributed by atoms with Crippen LogP contribution in [-0.2, 0) is 16.6 Å². The van der Waals surface area contributed by atoms with Gasteiger partial charge in [-0.25, -0.2) is 8.42 Å². The second-order valence-electron chi connectivity index (χ2n) is 9.88. The number of hydrogen-bond donors (Lipinski definition) is 2. The number of sulfonamides is 1. The lowest BCUT2D eigenvalue weighted by atomic mass is 10.2. The third kappa shape index (κ3) is 8.16. The zero-order valence-corrected chi connectivity index (χ0v) is 25.4. The van der Waals surface area contributed by atoms with Crippen molar-refractivity contribution >= 4 is 37.5 Å². The minimum Gasteiger partial charge on any atom is -0.455 e. The molecule has 11 heteroatoms. The van der Waals surface area contributed by atoms with Gasteiger partial charge in [0.05, 0.1) is 16.3 Å². The summed E-state index contributed by atoms with van der Waals surface area (Å²) in [5.41, 5.74) is 1.77. The molecule has 0 aliphatic carbocycles. The van der Waals surface area contributed by atoms with Crippen molar-refractivity contribution in [2.24, 2.45) is 0 Å². The Morgan fingerprint density at radius 1 is 0.857 bits per heavy atom. The summed E-state index contributed by atoms with van der Waals surface area (Å²) < 4.78 is 35.6. The number of benzene rings is 3. The molecule has 0 unspecified atom stereocenters. The highest BCUT2D eigenvalue weighted by Crippen LogP contribution is 2.31. The van der Waals surface area contributed by atoms with Crippen LogP contribution >= 0.6 is 15.9 Å². The summed E-state index contributed by atoms with van der Waals surface area (Å²) in [6, 6.07) is 25.9. The minimum absolute atomic E-state index is 0.0427. The number of pyridine rings is 1. The molecule has 218 valence electrons. The first kappa shape index (κ1) is 29.7. The van der Waals surface area contributed by atoms with E-state index in [-0.39, 0.29) is 10.8 Å². The van der Waals surface area contributed by atoms with Crippen molar-refractivity contribution in [1.29, 1.82) is 0 Å². The van der Waals surface area contributed by atoms with Crippen molar-refractivity contribution in [1.82, 2.24) is 20.1 Å². The molecule has 42 heavy (non-hydrogen) atoms. The predicted molar refractivity (Wildman–Crippen MR) is 166 cm³/mol. The van der Waals surface area contributed by atoms with Crippen LogP contribution in [-0.4, -0.2) is 68.4 Å². The molecule has 1 aromatic heterocycles. The van der Waals surface area contributed by atoms with Crippen molar-refractivity contribution in [3.05, 3.63) is 113 Å². The highest BCUT2D eigenvalue weighted by Gasteiger charge is 2.19. The summed E-state index contributed by atoms with van der Waals surface area (Å²) in [7, 11) is -3.92. The lowest BCUT2D eigenvalue weighted by molar-refractivity contribution is 0.0933. The van der Waals surface area contributed by atoms with Crippen LogP contribution in [0, 0.1) is 0 Å². The second-order valence-corrected chi connectivity index (χ2v) is 12.5. The average Bonchev–Trinajstić information content (AvgIpc) is 3.00. The van der Waals surface area contributed by atoms with Gasteiger partial charge in [-0.3, -0.25) is 24.3 Å². The van der Waals surface area contributed by atoms with Gasteiger partial charge in [0.2, 0.25) is 0 Å². The molecule has 1 fully saturated rings. The third-order valence-electron chi connectivity index (χ3n) is 6.89. The van der Waals surface area contributed by atoms with Gasteiger partial charge in [0.25, 0.3) is 15.9 Å². The summed E-state index contributed by atoms with van der Waals surface area (Å²) in [4.78, 5) is 21.9. The quantitative estimate of drug-likeness (QED) is 0.236. The third-order valence-corrected chi connectivity index (χ3v) is 8.80. The number of piperazine rings is 1. The number of anilines is 1. The van der Waals surface area contributed by atoms with E-state index in [1.165, 1.54) is 24.3 Å². The SMILES string of the molecule is O=C(NCCN1CCN(Cc2ccccn2)CC1)c1ccc(S(=O)(=O)Nc2ccccc2Oc2ccc(Br)cc2)cc1. The van der Waals surface area contributed by atoms with Crippen LogP contribution in [0.4, 0.5) is 5.69 Å². The van der Waals surface area contributed by atoms with E-state index in [0.29, 0.717) is 29.3 Å². The Kier molecular flexibility index (Phi) is 9.85. The molecule has 1 aliphatic heterocycles. The zero-order chi connectivity index (χ0) is 29.4. The smallest absolute Gasteiger partial charge is 0.262 e. The number of para-hydroxylation sites is 2. The molecule has 2 heterocycles. The van der Waals surface area contributed by atoms with Crippen LogP contribution in [0.15, 0.2) is 107 Å². The van der Waals surface area contributed by atoms with E-state index in [4.69, 9.17) is 4.74 Å². The molecular formula is C31H32BrN5O4S. The fourth-order valence-electron chi connectivity index (χ4n) is 4.58. The average molecular weight is 651 g/mol. The lowest BCUT2D eigenvalue weighted by Gasteiger charge is -2.34. The number of hydrogen-bond acceptors (Lipinski definition) is 7. The van der Waals surface area contributed by atoms with Crippen molar-refractivity contribution in [2.45, 2.75) is 11.4 Å². The van der Waals surface area contributed by atoms with Gasteiger partial charge in [-0.05, 0) is 72.8 Å². The Labute approximate surface area is 254 Å². The van der Waals surface area contributed by atoms with E-state index < -0.39 is 10.0 Å². The maximum Gasteiger partial charge on any atom is 0.262 e. The Morgan fingerprint density at radius 2 is 1.55 bits per heavy atom. The molecule has 1 saturated heterocycles. The van der Waals surface area contributed by atoms with Gasteiger partial charge >= 0.3 is 0 Å². The standard InChI is InChI=1S/C31H32BrN5O4S/c32-25-10-12-27(13-11-25)41-30-7-2-1-6-29(30)35-42(39,40)28-14-8-24(9-15-28)31(38)34-17-18-36-19-21-37(22-20-36)23-26-5-3-4-16-33-26/h1-16,35H,17-23H2,(H,34,38). The van der Waals surface area contributed by atoms with E-state index in [2.05, 4.69) is 40.8 Å². The molecule has 5 rings (SSSR count). The molecule has 0 atom stereocenters. The second kappa shape index (κ2) is 13.9. The number of aromatic nitrogens is 1. The van der Waals surface area contributed by atoms with Crippen molar-refractivity contribution in [2.75, 3.05) is 44.0 Å². The topological polar surface area (TPSA) is 104 Å². The first-order valence-corrected chi connectivity index (χ1v) is 15.9. The van der Waals surface area contributed by atoms with Gasteiger partial charge in [0.1, 0.15) is 5.75 Å². The summed E-state index contributed by atoms with van der Waals surface area (Å²) in [5.74, 6) is 0.700. The van der Waals surface area contributed by atoms with Gasteiger partial charge in [-0.1, -0.05) is 34.1 Å². The van der Waals surface area contributed by atoms with Crippen molar-refractivity contribution in [3.8, 4) is 11.5 Å². The summed E-state index contributed by atoms with van der Waals surface area (Å²) in [6.45, 7) is 5.87. The number of nitrogens with one attached hydrogen (secondary N) is 2. The molecule has 0 bridgehead atoms. The number of amides is 1.